The highest BCUT2D eigenvalue weighted by Gasteiger charge is 2.29. The Bertz CT molecular complexity index is 1160. The van der Waals surface area contributed by atoms with Crippen LogP contribution in [0.15, 0.2) is 36.5 Å². The second kappa shape index (κ2) is 6.55. The van der Waals surface area contributed by atoms with Crippen LogP contribution in [0, 0.1) is 0 Å². The normalized spacial score (nSPS) is 13.6. The lowest BCUT2D eigenvalue weighted by molar-refractivity contribution is -0.686. The van der Waals surface area contributed by atoms with Gasteiger partial charge in [0.05, 0.1) is 18.1 Å². The summed E-state index contributed by atoms with van der Waals surface area (Å²) < 4.78 is 24.4. The van der Waals surface area contributed by atoms with Crippen LogP contribution >= 0.6 is 0 Å². The Morgan fingerprint density at radius 3 is 2.69 bits per heavy atom. The van der Waals surface area contributed by atoms with Gasteiger partial charge in [-0.15, -0.1) is 0 Å². The summed E-state index contributed by atoms with van der Waals surface area (Å²) in [5.41, 5.74) is 3.46. The molecule has 2 aliphatic rings. The second-order valence-electron chi connectivity index (χ2n) is 7.33. The molecule has 7 nitrogen and oxygen atoms in total. The smallest absolute Gasteiger partial charge is 0.414 e. The number of carbonyl (C=O) groups is 1. The summed E-state index contributed by atoms with van der Waals surface area (Å²) in [6.07, 6.45) is 2.46. The van der Waals surface area contributed by atoms with Crippen LogP contribution in [0.3, 0.4) is 0 Å². The van der Waals surface area contributed by atoms with Crippen molar-refractivity contribution in [2.24, 2.45) is 0 Å². The molecule has 0 atom stereocenters. The van der Waals surface area contributed by atoms with Crippen molar-refractivity contribution in [3.05, 3.63) is 42.1 Å². The van der Waals surface area contributed by atoms with E-state index in [2.05, 4.69) is 16.7 Å². The predicted octanol–water partition coefficient (Wildman–Crippen LogP) is 3.15. The largest absolute Gasteiger partial charge is 0.493 e. The van der Waals surface area contributed by atoms with Crippen LogP contribution in [0.2, 0.25) is 0 Å². The third-order valence-electron chi connectivity index (χ3n) is 5.35. The Hall–Kier alpha value is -3.48. The number of ether oxygens (including phenoxy) is 4. The highest BCUT2D eigenvalue weighted by Crippen LogP contribution is 2.41. The molecule has 0 radical (unpaired) electrons. The lowest BCUT2D eigenvalue weighted by Crippen LogP contribution is -2.40. The Kier molecular flexibility index (Phi) is 3.97. The molecule has 0 saturated carbocycles. The number of amides is 1. The fourth-order valence-corrected chi connectivity index (χ4v) is 3.84. The fourth-order valence-electron chi connectivity index (χ4n) is 3.84. The standard InChI is InChI=1S/C22H21N2O5/c1-23(2)22(25)29-21-16-11-24-7-6-14-9-19-20(28-12-27-19)10-15(14)17(24)8-13(16)4-5-18(21)26-3/h4-5,8-11H,6-7,12H2,1-3H3/q+1. The molecule has 0 bridgehead atoms. The number of carbonyl (C=O) groups excluding carboxylic acids is 1. The number of fused-ring (bicyclic) bond motifs is 5. The number of aromatic nitrogens is 1. The molecule has 1 aromatic heterocycles. The third-order valence-corrected chi connectivity index (χ3v) is 5.35. The minimum absolute atomic E-state index is 0.260. The van der Waals surface area contributed by atoms with E-state index in [1.807, 2.05) is 24.4 Å². The maximum atomic E-state index is 12.2. The van der Waals surface area contributed by atoms with Gasteiger partial charge in [-0.3, -0.25) is 0 Å². The molecule has 7 heteroatoms. The number of aryl methyl sites for hydroxylation is 2. The molecule has 2 aliphatic heterocycles. The van der Waals surface area contributed by atoms with Crippen LogP contribution in [0.4, 0.5) is 4.79 Å². The van der Waals surface area contributed by atoms with E-state index in [-0.39, 0.29) is 6.79 Å². The number of hydrogen-bond donors (Lipinski definition) is 0. The highest BCUT2D eigenvalue weighted by atomic mass is 16.7. The number of rotatable bonds is 2. The molecule has 5 rings (SSSR count). The van der Waals surface area contributed by atoms with Gasteiger partial charge in [0.1, 0.15) is 0 Å². The number of hydrogen-bond acceptors (Lipinski definition) is 5. The van der Waals surface area contributed by atoms with Crippen molar-refractivity contribution in [3.63, 3.8) is 0 Å². The Morgan fingerprint density at radius 1 is 1.14 bits per heavy atom. The van der Waals surface area contributed by atoms with Crippen LogP contribution in [-0.2, 0) is 13.0 Å². The van der Waals surface area contributed by atoms with E-state index in [0.717, 1.165) is 46.5 Å². The first kappa shape index (κ1) is 17.6. The molecule has 0 spiro atoms. The molecule has 3 heterocycles. The molecular formula is C22H21N2O5+. The van der Waals surface area contributed by atoms with Gasteiger partial charge in [-0.1, -0.05) is 0 Å². The molecule has 0 N–H and O–H groups in total. The van der Waals surface area contributed by atoms with Crippen molar-refractivity contribution in [2.45, 2.75) is 13.0 Å². The van der Waals surface area contributed by atoms with E-state index in [1.54, 1.807) is 21.2 Å². The van der Waals surface area contributed by atoms with Crippen molar-refractivity contribution in [1.82, 2.24) is 4.90 Å². The van der Waals surface area contributed by atoms with Gasteiger partial charge in [0.15, 0.2) is 35.7 Å². The zero-order valence-corrected chi connectivity index (χ0v) is 16.5. The Labute approximate surface area is 168 Å². The minimum Gasteiger partial charge on any atom is -0.493 e. The van der Waals surface area contributed by atoms with E-state index in [1.165, 1.54) is 10.5 Å². The number of benzene rings is 2. The van der Waals surface area contributed by atoms with Crippen molar-refractivity contribution in [2.75, 3.05) is 28.0 Å². The van der Waals surface area contributed by atoms with Crippen molar-refractivity contribution in [1.29, 1.82) is 0 Å². The van der Waals surface area contributed by atoms with E-state index in [9.17, 15) is 4.79 Å². The van der Waals surface area contributed by atoms with Gasteiger partial charge in [0, 0.05) is 26.6 Å². The molecule has 0 aliphatic carbocycles. The summed E-state index contributed by atoms with van der Waals surface area (Å²) in [5, 5.41) is 1.79. The predicted molar refractivity (Wildman–Crippen MR) is 106 cm³/mol. The summed E-state index contributed by atoms with van der Waals surface area (Å²) in [5.74, 6) is 2.52. The van der Waals surface area contributed by atoms with Crippen molar-refractivity contribution >= 4 is 16.9 Å². The van der Waals surface area contributed by atoms with Gasteiger partial charge >= 0.3 is 6.09 Å². The first-order chi connectivity index (χ1) is 14.0. The Morgan fingerprint density at radius 2 is 1.93 bits per heavy atom. The van der Waals surface area contributed by atoms with E-state index < -0.39 is 6.09 Å². The number of methoxy groups -OCH3 is 1. The van der Waals surface area contributed by atoms with Gasteiger partial charge < -0.3 is 23.8 Å². The summed E-state index contributed by atoms with van der Waals surface area (Å²) in [4.78, 5) is 13.6. The zero-order valence-electron chi connectivity index (χ0n) is 16.5. The van der Waals surface area contributed by atoms with E-state index in [4.69, 9.17) is 18.9 Å². The molecule has 3 aromatic rings. The lowest BCUT2D eigenvalue weighted by Gasteiger charge is -2.18. The summed E-state index contributed by atoms with van der Waals surface area (Å²) in [6, 6.07) is 10.0. The molecular weight excluding hydrogens is 372 g/mol. The summed E-state index contributed by atoms with van der Waals surface area (Å²) in [7, 11) is 4.87. The van der Waals surface area contributed by atoms with Gasteiger partial charge in [0.25, 0.3) is 0 Å². The van der Waals surface area contributed by atoms with Crippen LogP contribution in [0.25, 0.3) is 22.0 Å². The summed E-state index contributed by atoms with van der Waals surface area (Å²) >= 11 is 0. The highest BCUT2D eigenvalue weighted by molar-refractivity contribution is 5.93. The first-order valence-corrected chi connectivity index (χ1v) is 9.41. The van der Waals surface area contributed by atoms with Crippen LogP contribution in [-0.4, -0.2) is 39.0 Å². The zero-order chi connectivity index (χ0) is 20.1. The van der Waals surface area contributed by atoms with Crippen molar-refractivity contribution < 1.29 is 28.3 Å². The molecule has 1 amide bonds. The van der Waals surface area contributed by atoms with Gasteiger partial charge in [-0.25, -0.2) is 4.79 Å². The maximum absolute atomic E-state index is 12.2. The third kappa shape index (κ3) is 2.81. The number of nitrogens with zero attached hydrogens (tertiary/aromatic N) is 2. The average molecular weight is 393 g/mol. The van der Waals surface area contributed by atoms with E-state index >= 15 is 0 Å². The van der Waals surface area contributed by atoms with E-state index in [0.29, 0.717) is 11.5 Å². The second-order valence-corrected chi connectivity index (χ2v) is 7.33. The molecule has 0 fully saturated rings. The minimum atomic E-state index is -0.448. The Balaban J connectivity index is 1.68. The molecule has 0 unspecified atom stereocenters. The maximum Gasteiger partial charge on any atom is 0.414 e. The summed E-state index contributed by atoms with van der Waals surface area (Å²) in [6.45, 7) is 1.08. The lowest BCUT2D eigenvalue weighted by atomic mass is 9.95. The monoisotopic (exact) mass is 393 g/mol. The first-order valence-electron chi connectivity index (χ1n) is 9.41. The van der Waals surface area contributed by atoms with Gasteiger partial charge in [-0.2, -0.15) is 4.57 Å². The quantitative estimate of drug-likeness (QED) is 0.626. The molecule has 2 aromatic carbocycles. The molecule has 148 valence electrons. The molecule has 0 saturated heterocycles. The average Bonchev–Trinajstić information content (AvgIpc) is 3.18. The topological polar surface area (TPSA) is 61.1 Å². The van der Waals surface area contributed by atoms with Crippen LogP contribution in [0.5, 0.6) is 23.0 Å². The SMILES string of the molecule is COc1ccc2cc3[n+](cc2c1OC(=O)N(C)C)CCc1cc2c(cc1-3)OCO2. The van der Waals surface area contributed by atoms with Crippen LogP contribution < -0.4 is 23.5 Å². The van der Waals surface area contributed by atoms with Gasteiger partial charge in [-0.05, 0) is 35.2 Å². The van der Waals surface area contributed by atoms with Crippen molar-refractivity contribution in [3.8, 4) is 34.3 Å². The van der Waals surface area contributed by atoms with Crippen LogP contribution in [0.1, 0.15) is 5.56 Å². The fraction of sp³-hybridized carbons (Fsp3) is 0.273. The number of pyridine rings is 1. The molecule has 29 heavy (non-hydrogen) atoms. The van der Waals surface area contributed by atoms with Gasteiger partial charge in [0.2, 0.25) is 12.5 Å².